The van der Waals surface area contributed by atoms with Gasteiger partial charge in [-0.3, -0.25) is 9.59 Å². The van der Waals surface area contributed by atoms with Crippen LogP contribution in [0.3, 0.4) is 0 Å². The summed E-state index contributed by atoms with van der Waals surface area (Å²) in [7, 11) is 0. The molecule has 7 heteroatoms. The molecule has 1 aromatic heterocycles. The molecule has 0 amide bonds. The second-order valence-corrected chi connectivity index (χ2v) is 12.7. The first-order valence-corrected chi connectivity index (χ1v) is 14.4. The number of hydrogen-bond acceptors (Lipinski definition) is 5. The van der Waals surface area contributed by atoms with Gasteiger partial charge in [-0.05, 0) is 61.5 Å². The minimum absolute atomic E-state index is 0.000529. The average Bonchev–Trinajstić information content (AvgIpc) is 3.21. The number of aliphatic hydroxyl groups is 1. The third kappa shape index (κ3) is 4.05. The molecule has 2 bridgehead atoms. The number of ketones is 1. The van der Waals surface area contributed by atoms with Crippen LogP contribution >= 0.6 is 15.9 Å². The molecule has 3 saturated carbocycles. The van der Waals surface area contributed by atoms with E-state index in [9.17, 15) is 19.5 Å². The lowest BCUT2D eigenvalue weighted by Crippen LogP contribution is -2.63. The van der Waals surface area contributed by atoms with Crippen LogP contribution in [0.4, 0.5) is 0 Å². The molecule has 3 fully saturated rings. The number of alkyl halides is 1. The predicted octanol–water partition coefficient (Wildman–Crippen LogP) is 5.15. The lowest BCUT2D eigenvalue weighted by Gasteiger charge is -2.61. The van der Waals surface area contributed by atoms with E-state index in [4.69, 9.17) is 4.74 Å². The Morgan fingerprint density at radius 3 is 2.69 bits per heavy atom. The van der Waals surface area contributed by atoms with Gasteiger partial charge in [0, 0.05) is 41.2 Å². The van der Waals surface area contributed by atoms with Gasteiger partial charge in [-0.1, -0.05) is 49.7 Å². The van der Waals surface area contributed by atoms with Crippen molar-refractivity contribution in [2.24, 2.45) is 34.0 Å². The van der Waals surface area contributed by atoms with Crippen LogP contribution in [-0.4, -0.2) is 39.0 Å². The number of esters is 1. The number of aromatic nitrogens is 1. The van der Waals surface area contributed by atoms with Crippen LogP contribution < -0.4 is 5.56 Å². The van der Waals surface area contributed by atoms with Gasteiger partial charge in [-0.15, -0.1) is 6.58 Å². The number of aryl methyl sites for hydroxylation is 1. The molecule has 3 aliphatic carbocycles. The van der Waals surface area contributed by atoms with E-state index in [0.717, 1.165) is 31.0 Å². The minimum atomic E-state index is -0.722. The number of carbonyl (C=O) groups is 2. The van der Waals surface area contributed by atoms with Crippen molar-refractivity contribution < 1.29 is 19.4 Å². The summed E-state index contributed by atoms with van der Waals surface area (Å²) >= 11 is 3.38. The van der Waals surface area contributed by atoms with E-state index in [1.54, 1.807) is 18.3 Å². The topological polar surface area (TPSA) is 85.6 Å². The normalized spacial score (nSPS) is 40.2. The lowest BCUT2D eigenvalue weighted by molar-refractivity contribution is -0.192. The van der Waals surface area contributed by atoms with Crippen LogP contribution in [0, 0.1) is 34.0 Å². The second kappa shape index (κ2) is 9.86. The van der Waals surface area contributed by atoms with Crippen LogP contribution in [0.15, 0.2) is 35.8 Å². The van der Waals surface area contributed by atoms with E-state index in [1.165, 1.54) is 10.6 Å². The summed E-state index contributed by atoms with van der Waals surface area (Å²) in [6.07, 6.45) is 6.23. The third-order valence-electron chi connectivity index (χ3n) is 10.3. The summed E-state index contributed by atoms with van der Waals surface area (Å²) in [6.45, 7) is 12.9. The Morgan fingerprint density at radius 1 is 1.31 bits per heavy atom. The van der Waals surface area contributed by atoms with Crippen molar-refractivity contribution >= 4 is 27.7 Å². The van der Waals surface area contributed by atoms with Gasteiger partial charge < -0.3 is 14.4 Å². The summed E-state index contributed by atoms with van der Waals surface area (Å²) in [5.74, 6) is -0.697. The molecule has 0 saturated heterocycles. The van der Waals surface area contributed by atoms with E-state index in [2.05, 4.69) is 43.3 Å². The van der Waals surface area contributed by atoms with Gasteiger partial charge in [-0.2, -0.15) is 0 Å². The zero-order valence-electron chi connectivity index (χ0n) is 22.0. The molecule has 1 heterocycles. The van der Waals surface area contributed by atoms with Crippen LogP contribution in [0.5, 0.6) is 0 Å². The molecule has 1 aromatic rings. The van der Waals surface area contributed by atoms with Crippen LogP contribution in [0.25, 0.3) is 0 Å². The molecule has 1 N–H and O–H groups in total. The first kappa shape index (κ1) is 27.3. The highest BCUT2D eigenvalue weighted by molar-refractivity contribution is 9.09. The molecule has 8 atom stereocenters. The highest BCUT2D eigenvalue weighted by Gasteiger charge is 2.68. The number of Topliss-reactive ketones (excluding diaryl/α,β-unsaturated/α-hetero) is 1. The minimum Gasteiger partial charge on any atom is -0.458 e. The van der Waals surface area contributed by atoms with Gasteiger partial charge in [0.1, 0.15) is 17.5 Å². The van der Waals surface area contributed by atoms with Gasteiger partial charge in [0.25, 0.3) is 5.56 Å². The number of aliphatic hydroxyl groups excluding tert-OH is 1. The van der Waals surface area contributed by atoms with E-state index >= 15 is 0 Å². The largest absolute Gasteiger partial charge is 0.458 e. The molecule has 0 aliphatic heterocycles. The fraction of sp³-hybridized carbons (Fsp3) is 0.690. The molecule has 0 aromatic carbocycles. The Labute approximate surface area is 222 Å². The van der Waals surface area contributed by atoms with Gasteiger partial charge in [0.05, 0.1) is 6.10 Å². The van der Waals surface area contributed by atoms with Gasteiger partial charge >= 0.3 is 5.97 Å². The van der Waals surface area contributed by atoms with Crippen molar-refractivity contribution in [3.63, 3.8) is 0 Å². The highest BCUT2D eigenvalue weighted by Crippen LogP contribution is 2.68. The Morgan fingerprint density at radius 2 is 2.03 bits per heavy atom. The third-order valence-corrected chi connectivity index (χ3v) is 10.9. The molecule has 0 radical (unpaired) electrons. The zero-order chi connectivity index (χ0) is 26.5. The van der Waals surface area contributed by atoms with Crippen molar-refractivity contribution in [3.8, 4) is 0 Å². The Balaban J connectivity index is 1.80. The first-order chi connectivity index (χ1) is 17.0. The van der Waals surface area contributed by atoms with Gasteiger partial charge in [-0.25, -0.2) is 4.79 Å². The number of hydrogen-bond donors (Lipinski definition) is 1. The quantitative estimate of drug-likeness (QED) is 0.295. The smallest absolute Gasteiger partial charge is 0.344 e. The number of ether oxygens (including phenoxy) is 1. The van der Waals surface area contributed by atoms with E-state index in [1.807, 2.05) is 6.92 Å². The second-order valence-electron chi connectivity index (χ2n) is 11.9. The number of halogens is 1. The standard InChI is InChI=1S/C29H40BrNO5/c1-6-27(4)17-22(36-26(35)20-9-7-15-31(25(20)34)16-8-14-30)28(5)18(2)10-12-29(19(3)24(27)33)13-11-21(32)23(28)29/h6-7,9,15,18-19,22-24,33H,1,8,10-14,16-17H2,2-5H3/t18-,19+,22-,23?,24+,27-,28+,29?/m1/s1. The molecule has 2 unspecified atom stereocenters. The summed E-state index contributed by atoms with van der Waals surface area (Å²) in [6, 6.07) is 3.21. The van der Waals surface area contributed by atoms with Crippen molar-refractivity contribution in [2.45, 2.75) is 85.0 Å². The molecule has 0 spiro atoms. The number of pyridine rings is 1. The maximum Gasteiger partial charge on any atom is 0.344 e. The summed E-state index contributed by atoms with van der Waals surface area (Å²) in [5, 5.41) is 12.4. The monoisotopic (exact) mass is 561 g/mol. The maximum atomic E-state index is 13.6. The average molecular weight is 563 g/mol. The molecule has 6 nitrogen and oxygen atoms in total. The Kier molecular flexibility index (Phi) is 7.48. The van der Waals surface area contributed by atoms with E-state index in [0.29, 0.717) is 19.4 Å². The molecular weight excluding hydrogens is 522 g/mol. The molecule has 3 aliphatic rings. The molecular formula is C29H40BrNO5. The zero-order valence-corrected chi connectivity index (χ0v) is 23.6. The summed E-state index contributed by atoms with van der Waals surface area (Å²) in [5.41, 5.74) is -2.02. The summed E-state index contributed by atoms with van der Waals surface area (Å²) < 4.78 is 7.81. The van der Waals surface area contributed by atoms with E-state index in [-0.39, 0.29) is 40.1 Å². The van der Waals surface area contributed by atoms with Gasteiger partial charge in [0.15, 0.2) is 0 Å². The first-order valence-electron chi connectivity index (χ1n) is 13.3. The van der Waals surface area contributed by atoms with Crippen molar-refractivity contribution in [3.05, 3.63) is 46.9 Å². The van der Waals surface area contributed by atoms with Crippen LogP contribution in [-0.2, 0) is 16.1 Å². The Hall–Kier alpha value is -1.73. The lowest BCUT2D eigenvalue weighted by atomic mass is 9.44. The van der Waals surface area contributed by atoms with Crippen molar-refractivity contribution in [1.29, 1.82) is 0 Å². The van der Waals surface area contributed by atoms with Crippen LogP contribution in [0.1, 0.15) is 76.6 Å². The predicted molar refractivity (Wildman–Crippen MR) is 143 cm³/mol. The SMILES string of the molecule is C=C[C@]1(C)C[C@@H](OC(=O)c2cccn(CCCBr)c2=O)[C@@]2(C)C3C(=O)CCC3(CC[C@H]2C)[C@@H](C)[C@@H]1O. The molecule has 4 rings (SSSR count). The van der Waals surface area contributed by atoms with Crippen molar-refractivity contribution in [2.75, 3.05) is 5.33 Å². The highest BCUT2D eigenvalue weighted by atomic mass is 79.9. The van der Waals surface area contributed by atoms with Crippen molar-refractivity contribution in [1.82, 2.24) is 4.57 Å². The molecule has 36 heavy (non-hydrogen) atoms. The number of rotatable bonds is 6. The maximum absolute atomic E-state index is 13.6. The van der Waals surface area contributed by atoms with Gasteiger partial charge in [0.2, 0.25) is 0 Å². The van der Waals surface area contributed by atoms with Crippen LogP contribution in [0.2, 0.25) is 0 Å². The number of nitrogens with zero attached hydrogens (tertiary/aromatic N) is 1. The Bertz CT molecular complexity index is 1100. The summed E-state index contributed by atoms with van der Waals surface area (Å²) in [4.78, 5) is 40.2. The van der Waals surface area contributed by atoms with E-state index < -0.39 is 29.0 Å². The fourth-order valence-corrected chi connectivity index (χ4v) is 8.04. The number of carbonyl (C=O) groups excluding carboxylic acids is 2. The molecule has 198 valence electrons. The fourth-order valence-electron chi connectivity index (χ4n) is 7.79.